The molecule has 0 radical (unpaired) electrons. The van der Waals surface area contributed by atoms with Gasteiger partial charge in [0.25, 0.3) is 0 Å². The van der Waals surface area contributed by atoms with E-state index in [-0.39, 0.29) is 13.2 Å². The molecule has 1 unspecified atom stereocenters. The van der Waals surface area contributed by atoms with Crippen LogP contribution in [0.15, 0.2) is 0 Å². The molecule has 0 bridgehead atoms. The third-order valence-corrected chi connectivity index (χ3v) is 2.41. The minimum Gasteiger partial charge on any atom is -0.396 e. The van der Waals surface area contributed by atoms with Crippen LogP contribution in [0.2, 0.25) is 0 Å². The second-order valence-corrected chi connectivity index (χ2v) is 3.35. The van der Waals surface area contributed by atoms with E-state index in [9.17, 15) is 0 Å². The Kier molecular flexibility index (Phi) is 5.31. The summed E-state index contributed by atoms with van der Waals surface area (Å²) >= 11 is 0. The van der Waals surface area contributed by atoms with Crippen LogP contribution in [0.25, 0.3) is 0 Å². The van der Waals surface area contributed by atoms with Gasteiger partial charge in [-0.1, -0.05) is 0 Å². The van der Waals surface area contributed by atoms with Crippen molar-refractivity contribution >= 4 is 0 Å². The molecule has 0 aromatic carbocycles. The van der Waals surface area contributed by atoms with Gasteiger partial charge in [-0.15, -0.1) is 0 Å². The average Bonchev–Trinajstić information content (AvgIpc) is 2.65. The molecule has 4 heteroatoms. The Hall–Kier alpha value is -0.160. The zero-order valence-electron chi connectivity index (χ0n) is 7.98. The Morgan fingerprint density at radius 1 is 1.23 bits per heavy atom. The van der Waals surface area contributed by atoms with E-state index in [0.717, 1.165) is 32.6 Å². The normalized spacial score (nSPS) is 22.8. The molecule has 1 heterocycles. The molecule has 2 N–H and O–H groups in total. The Morgan fingerprint density at radius 3 is 2.62 bits per heavy atom. The van der Waals surface area contributed by atoms with E-state index in [0.29, 0.717) is 12.6 Å². The van der Waals surface area contributed by atoms with E-state index in [1.165, 1.54) is 0 Å². The van der Waals surface area contributed by atoms with Gasteiger partial charge >= 0.3 is 0 Å². The Bertz CT molecular complexity index is 126. The van der Waals surface area contributed by atoms with Crippen molar-refractivity contribution in [3.8, 4) is 0 Å². The predicted octanol–water partition coefficient (Wildman–Crippen LogP) is -0.548. The lowest BCUT2D eigenvalue weighted by Gasteiger charge is -2.26. The van der Waals surface area contributed by atoms with Gasteiger partial charge in [-0.05, 0) is 12.8 Å². The standard InChI is InChI=1S/C9H19NO3/c11-5-1-3-10(4-6-12)9-2-7-13-8-9/h9,11-12H,1-8H2. The molecule has 1 saturated heterocycles. The van der Waals surface area contributed by atoms with Crippen LogP contribution < -0.4 is 0 Å². The molecule has 78 valence electrons. The smallest absolute Gasteiger partial charge is 0.0622 e. The first-order chi connectivity index (χ1) is 6.38. The zero-order valence-corrected chi connectivity index (χ0v) is 7.98. The highest BCUT2D eigenvalue weighted by atomic mass is 16.5. The maximum absolute atomic E-state index is 8.85. The molecule has 0 aromatic rings. The molecule has 1 rings (SSSR count). The molecule has 1 aliphatic rings. The van der Waals surface area contributed by atoms with Crippen molar-refractivity contribution < 1.29 is 14.9 Å². The van der Waals surface area contributed by atoms with Crippen LogP contribution in [0.5, 0.6) is 0 Å². The lowest BCUT2D eigenvalue weighted by molar-refractivity contribution is 0.116. The zero-order chi connectivity index (χ0) is 9.52. The van der Waals surface area contributed by atoms with Crippen LogP contribution >= 0.6 is 0 Å². The van der Waals surface area contributed by atoms with Crippen LogP contribution in [-0.4, -0.2) is 60.7 Å². The maximum atomic E-state index is 8.85. The lowest BCUT2D eigenvalue weighted by Crippen LogP contribution is -2.38. The molecule has 4 nitrogen and oxygen atoms in total. The van der Waals surface area contributed by atoms with Gasteiger partial charge in [-0.3, -0.25) is 4.90 Å². The summed E-state index contributed by atoms with van der Waals surface area (Å²) in [4.78, 5) is 2.20. The molecular weight excluding hydrogens is 170 g/mol. The molecule has 0 amide bonds. The van der Waals surface area contributed by atoms with E-state index in [4.69, 9.17) is 14.9 Å². The number of aliphatic hydroxyl groups is 2. The topological polar surface area (TPSA) is 52.9 Å². The summed E-state index contributed by atoms with van der Waals surface area (Å²) in [5.41, 5.74) is 0. The Labute approximate surface area is 79.1 Å². The van der Waals surface area contributed by atoms with Gasteiger partial charge < -0.3 is 14.9 Å². The number of hydrogen-bond donors (Lipinski definition) is 2. The fourth-order valence-electron chi connectivity index (χ4n) is 1.69. The SMILES string of the molecule is OCCCN(CCO)C1CCOC1. The van der Waals surface area contributed by atoms with Crippen LogP contribution in [0.3, 0.4) is 0 Å². The Morgan fingerprint density at radius 2 is 2.08 bits per heavy atom. The summed E-state index contributed by atoms with van der Waals surface area (Å²) in [6.45, 7) is 3.54. The lowest BCUT2D eigenvalue weighted by atomic mass is 10.2. The van der Waals surface area contributed by atoms with Crippen molar-refractivity contribution in [2.75, 3.05) is 39.5 Å². The Balaban J connectivity index is 2.26. The fraction of sp³-hybridized carbons (Fsp3) is 1.00. The minimum absolute atomic E-state index is 0.182. The maximum Gasteiger partial charge on any atom is 0.0622 e. The van der Waals surface area contributed by atoms with Crippen molar-refractivity contribution in [2.45, 2.75) is 18.9 Å². The van der Waals surface area contributed by atoms with Gasteiger partial charge in [0.15, 0.2) is 0 Å². The number of nitrogens with zero attached hydrogens (tertiary/aromatic N) is 1. The van der Waals surface area contributed by atoms with Crippen LogP contribution in [0.4, 0.5) is 0 Å². The van der Waals surface area contributed by atoms with Crippen LogP contribution in [0.1, 0.15) is 12.8 Å². The molecule has 13 heavy (non-hydrogen) atoms. The molecule has 0 aromatic heterocycles. The summed E-state index contributed by atoms with van der Waals surface area (Å²) in [6, 6.07) is 0.443. The second-order valence-electron chi connectivity index (χ2n) is 3.35. The van der Waals surface area contributed by atoms with E-state index < -0.39 is 0 Å². The first-order valence-corrected chi connectivity index (χ1v) is 4.92. The summed E-state index contributed by atoms with van der Waals surface area (Å²) in [5, 5.41) is 17.6. The van der Waals surface area contributed by atoms with Crippen molar-refractivity contribution in [1.29, 1.82) is 0 Å². The van der Waals surface area contributed by atoms with Crippen molar-refractivity contribution in [1.82, 2.24) is 4.90 Å². The molecular formula is C9H19NO3. The molecule has 1 fully saturated rings. The highest BCUT2D eigenvalue weighted by molar-refractivity contribution is 4.75. The average molecular weight is 189 g/mol. The van der Waals surface area contributed by atoms with Crippen LogP contribution in [-0.2, 0) is 4.74 Å². The molecule has 1 aliphatic heterocycles. The minimum atomic E-state index is 0.182. The van der Waals surface area contributed by atoms with E-state index in [1.54, 1.807) is 0 Å². The molecule has 0 spiro atoms. The number of rotatable bonds is 6. The summed E-state index contributed by atoms with van der Waals surface area (Å²) < 4.78 is 5.28. The summed E-state index contributed by atoms with van der Waals surface area (Å²) in [7, 11) is 0. The van der Waals surface area contributed by atoms with Crippen molar-refractivity contribution in [3.05, 3.63) is 0 Å². The number of aliphatic hydroxyl groups excluding tert-OH is 2. The van der Waals surface area contributed by atoms with Gasteiger partial charge in [0.2, 0.25) is 0 Å². The van der Waals surface area contributed by atoms with Crippen LogP contribution in [0, 0.1) is 0 Å². The van der Waals surface area contributed by atoms with E-state index in [2.05, 4.69) is 4.90 Å². The van der Waals surface area contributed by atoms with Crippen molar-refractivity contribution in [3.63, 3.8) is 0 Å². The molecule has 0 saturated carbocycles. The molecule has 0 aliphatic carbocycles. The van der Waals surface area contributed by atoms with Gasteiger partial charge in [-0.2, -0.15) is 0 Å². The largest absolute Gasteiger partial charge is 0.396 e. The quantitative estimate of drug-likeness (QED) is 0.589. The summed E-state index contributed by atoms with van der Waals surface area (Å²) in [5.74, 6) is 0. The highest BCUT2D eigenvalue weighted by Crippen LogP contribution is 2.12. The second kappa shape index (κ2) is 6.32. The first-order valence-electron chi connectivity index (χ1n) is 4.92. The van der Waals surface area contributed by atoms with Gasteiger partial charge in [0.05, 0.1) is 13.2 Å². The van der Waals surface area contributed by atoms with E-state index >= 15 is 0 Å². The number of ether oxygens (including phenoxy) is 1. The van der Waals surface area contributed by atoms with Gasteiger partial charge in [-0.25, -0.2) is 0 Å². The van der Waals surface area contributed by atoms with E-state index in [1.807, 2.05) is 0 Å². The third-order valence-electron chi connectivity index (χ3n) is 2.41. The van der Waals surface area contributed by atoms with Crippen molar-refractivity contribution in [2.24, 2.45) is 0 Å². The van der Waals surface area contributed by atoms with Gasteiger partial charge in [0, 0.05) is 32.3 Å². The summed E-state index contributed by atoms with van der Waals surface area (Å²) in [6.07, 6.45) is 1.82. The molecule has 1 atom stereocenters. The van der Waals surface area contributed by atoms with Gasteiger partial charge in [0.1, 0.15) is 0 Å². The monoisotopic (exact) mass is 189 g/mol. The predicted molar refractivity (Wildman–Crippen MR) is 49.6 cm³/mol. The highest BCUT2D eigenvalue weighted by Gasteiger charge is 2.21. The third kappa shape index (κ3) is 3.60. The first kappa shape index (κ1) is 10.9. The number of hydrogen-bond acceptors (Lipinski definition) is 4. The fourth-order valence-corrected chi connectivity index (χ4v) is 1.69.